The van der Waals surface area contributed by atoms with E-state index in [-0.39, 0.29) is 5.91 Å². The molecular weight excluding hydrogens is 310 g/mol. The quantitative estimate of drug-likeness (QED) is 0.843. The molecule has 1 aliphatic heterocycles. The highest BCUT2D eigenvalue weighted by atomic mass is 32.1. The maximum atomic E-state index is 12.4. The summed E-state index contributed by atoms with van der Waals surface area (Å²) in [5, 5.41) is 0. The fourth-order valence-electron chi connectivity index (χ4n) is 2.63. The first-order valence-electron chi connectivity index (χ1n) is 7.83. The zero-order valence-corrected chi connectivity index (χ0v) is 14.1. The van der Waals surface area contributed by atoms with E-state index in [9.17, 15) is 4.79 Å². The van der Waals surface area contributed by atoms with Gasteiger partial charge in [-0.25, -0.2) is 4.98 Å². The first kappa shape index (κ1) is 16.0. The largest absolute Gasteiger partial charge is 0.492 e. The van der Waals surface area contributed by atoms with Gasteiger partial charge in [-0.2, -0.15) is 0 Å². The summed E-state index contributed by atoms with van der Waals surface area (Å²) in [4.78, 5) is 21.6. The molecule has 0 spiro atoms. The molecule has 0 atom stereocenters. The summed E-state index contributed by atoms with van der Waals surface area (Å²) in [5.74, 6) is 1.02. The summed E-state index contributed by atoms with van der Waals surface area (Å²) < 4.78 is 5.73. The Morgan fingerprint density at radius 1 is 1.22 bits per heavy atom. The Hall–Kier alpha value is -1.92. The highest BCUT2D eigenvalue weighted by Crippen LogP contribution is 2.16. The molecule has 0 aliphatic carbocycles. The Morgan fingerprint density at radius 2 is 1.96 bits per heavy atom. The van der Waals surface area contributed by atoms with Crippen molar-refractivity contribution in [2.75, 3.05) is 39.3 Å². The first-order chi connectivity index (χ1) is 11.2. The van der Waals surface area contributed by atoms with E-state index in [1.54, 1.807) is 5.51 Å². The average molecular weight is 331 g/mol. The topological polar surface area (TPSA) is 45.7 Å². The third kappa shape index (κ3) is 4.09. The first-order valence-corrected chi connectivity index (χ1v) is 8.71. The maximum Gasteiger partial charge on any atom is 0.265 e. The van der Waals surface area contributed by atoms with Gasteiger partial charge in [0.15, 0.2) is 0 Å². The summed E-state index contributed by atoms with van der Waals surface area (Å²) in [5.41, 5.74) is 2.57. The molecule has 1 fully saturated rings. The van der Waals surface area contributed by atoms with Gasteiger partial charge < -0.3 is 9.64 Å². The van der Waals surface area contributed by atoms with Crippen molar-refractivity contribution in [3.05, 3.63) is 46.4 Å². The second kappa shape index (κ2) is 7.57. The fraction of sp³-hybridized carbons (Fsp3) is 0.412. The molecule has 122 valence electrons. The van der Waals surface area contributed by atoms with Gasteiger partial charge in [0.25, 0.3) is 5.91 Å². The number of carbonyl (C=O) groups is 1. The molecule has 0 radical (unpaired) electrons. The Labute approximate surface area is 140 Å². The number of aryl methyl sites for hydroxylation is 1. The Morgan fingerprint density at radius 3 is 2.61 bits per heavy atom. The predicted octanol–water partition coefficient (Wildman–Crippen LogP) is 2.29. The fourth-order valence-corrected chi connectivity index (χ4v) is 3.40. The number of piperazine rings is 1. The van der Waals surface area contributed by atoms with E-state index in [1.165, 1.54) is 11.3 Å². The van der Waals surface area contributed by atoms with E-state index in [4.69, 9.17) is 4.74 Å². The minimum Gasteiger partial charge on any atom is -0.492 e. The van der Waals surface area contributed by atoms with Crippen LogP contribution in [0.4, 0.5) is 0 Å². The number of nitrogens with zero attached hydrogens (tertiary/aromatic N) is 3. The van der Waals surface area contributed by atoms with E-state index < -0.39 is 0 Å². The average Bonchev–Trinajstić information content (AvgIpc) is 3.02. The monoisotopic (exact) mass is 331 g/mol. The molecule has 2 aromatic rings. The lowest BCUT2D eigenvalue weighted by Gasteiger charge is -2.34. The summed E-state index contributed by atoms with van der Waals surface area (Å²) in [6.45, 7) is 6.76. The molecule has 3 rings (SSSR count). The highest BCUT2D eigenvalue weighted by molar-refractivity contribution is 7.11. The van der Waals surface area contributed by atoms with Crippen molar-refractivity contribution in [1.82, 2.24) is 14.8 Å². The number of amides is 1. The van der Waals surface area contributed by atoms with Crippen LogP contribution < -0.4 is 4.74 Å². The minimum absolute atomic E-state index is 0.116. The van der Waals surface area contributed by atoms with E-state index in [0.29, 0.717) is 6.61 Å². The normalized spacial score (nSPS) is 15.6. The Bertz CT molecular complexity index is 636. The van der Waals surface area contributed by atoms with Gasteiger partial charge in [-0.15, -0.1) is 11.3 Å². The number of ether oxygens (including phenoxy) is 1. The minimum atomic E-state index is 0.116. The molecule has 6 heteroatoms. The number of carbonyl (C=O) groups excluding carboxylic acids is 1. The van der Waals surface area contributed by atoms with Gasteiger partial charge in [-0.3, -0.25) is 9.69 Å². The Kier molecular flexibility index (Phi) is 5.25. The van der Waals surface area contributed by atoms with E-state index in [1.807, 2.05) is 42.2 Å². The SMILES string of the molecule is Cc1ncsc1C(=O)N1CCN(CCOc2ccccc2)CC1. The second-order valence-corrected chi connectivity index (χ2v) is 6.42. The molecule has 5 nitrogen and oxygen atoms in total. The van der Waals surface area contributed by atoms with Crippen LogP contribution in [0.2, 0.25) is 0 Å². The van der Waals surface area contributed by atoms with Gasteiger partial charge in [0, 0.05) is 32.7 Å². The van der Waals surface area contributed by atoms with Crippen LogP contribution in [0.25, 0.3) is 0 Å². The number of hydrogen-bond donors (Lipinski definition) is 0. The van der Waals surface area contributed by atoms with Gasteiger partial charge in [0.2, 0.25) is 0 Å². The van der Waals surface area contributed by atoms with Crippen LogP contribution in [-0.4, -0.2) is 60.0 Å². The van der Waals surface area contributed by atoms with Gasteiger partial charge in [-0.05, 0) is 19.1 Å². The number of thiazole rings is 1. The Balaban J connectivity index is 1.42. The van der Waals surface area contributed by atoms with Crippen molar-refractivity contribution in [3.63, 3.8) is 0 Å². The summed E-state index contributed by atoms with van der Waals surface area (Å²) in [6.07, 6.45) is 0. The molecular formula is C17H21N3O2S. The molecule has 1 aromatic heterocycles. The van der Waals surface area contributed by atoms with Crippen LogP contribution in [0, 0.1) is 6.92 Å². The van der Waals surface area contributed by atoms with Crippen LogP contribution in [0.3, 0.4) is 0 Å². The van der Waals surface area contributed by atoms with Gasteiger partial charge in [0.1, 0.15) is 17.2 Å². The van der Waals surface area contributed by atoms with E-state index in [0.717, 1.165) is 49.0 Å². The van der Waals surface area contributed by atoms with Crippen molar-refractivity contribution < 1.29 is 9.53 Å². The van der Waals surface area contributed by atoms with E-state index in [2.05, 4.69) is 9.88 Å². The third-order valence-corrected chi connectivity index (χ3v) is 4.94. The molecule has 1 aliphatic rings. The number of hydrogen-bond acceptors (Lipinski definition) is 5. The molecule has 1 aromatic carbocycles. The molecule has 0 saturated carbocycles. The van der Waals surface area contributed by atoms with E-state index >= 15 is 0 Å². The zero-order chi connectivity index (χ0) is 16.1. The zero-order valence-electron chi connectivity index (χ0n) is 13.3. The number of para-hydroxylation sites is 1. The highest BCUT2D eigenvalue weighted by Gasteiger charge is 2.24. The van der Waals surface area contributed by atoms with Crippen molar-refractivity contribution >= 4 is 17.2 Å². The van der Waals surface area contributed by atoms with Crippen LogP contribution >= 0.6 is 11.3 Å². The molecule has 0 unspecified atom stereocenters. The van der Waals surface area contributed by atoms with Crippen LogP contribution in [0.1, 0.15) is 15.4 Å². The summed E-state index contributed by atoms with van der Waals surface area (Å²) >= 11 is 1.43. The van der Waals surface area contributed by atoms with Gasteiger partial charge >= 0.3 is 0 Å². The smallest absolute Gasteiger partial charge is 0.265 e. The van der Waals surface area contributed by atoms with Crippen molar-refractivity contribution in [1.29, 1.82) is 0 Å². The van der Waals surface area contributed by atoms with Crippen LogP contribution in [0.15, 0.2) is 35.8 Å². The summed E-state index contributed by atoms with van der Waals surface area (Å²) in [7, 11) is 0. The van der Waals surface area contributed by atoms with Crippen LogP contribution in [0.5, 0.6) is 5.75 Å². The number of aromatic nitrogens is 1. The maximum absolute atomic E-state index is 12.4. The van der Waals surface area contributed by atoms with Crippen molar-refractivity contribution in [2.24, 2.45) is 0 Å². The molecule has 2 heterocycles. The summed E-state index contributed by atoms with van der Waals surface area (Å²) in [6, 6.07) is 9.86. The number of rotatable bonds is 5. The molecule has 0 N–H and O–H groups in total. The lowest BCUT2D eigenvalue weighted by molar-refractivity contribution is 0.0624. The lowest BCUT2D eigenvalue weighted by atomic mass is 10.2. The lowest BCUT2D eigenvalue weighted by Crippen LogP contribution is -2.49. The van der Waals surface area contributed by atoms with Crippen LogP contribution in [-0.2, 0) is 0 Å². The predicted molar refractivity (Wildman–Crippen MR) is 91.1 cm³/mol. The second-order valence-electron chi connectivity index (χ2n) is 5.56. The standard InChI is InChI=1S/C17H21N3O2S/c1-14-16(23-13-18-14)17(21)20-9-7-19(8-10-20)11-12-22-15-5-3-2-4-6-15/h2-6,13H,7-12H2,1H3. The molecule has 1 saturated heterocycles. The van der Waals surface area contributed by atoms with Gasteiger partial charge in [0.05, 0.1) is 11.2 Å². The third-order valence-electron chi connectivity index (χ3n) is 4.02. The van der Waals surface area contributed by atoms with Crippen molar-refractivity contribution in [3.8, 4) is 5.75 Å². The number of benzene rings is 1. The molecule has 0 bridgehead atoms. The molecule has 1 amide bonds. The molecule has 23 heavy (non-hydrogen) atoms. The van der Waals surface area contributed by atoms with Crippen molar-refractivity contribution in [2.45, 2.75) is 6.92 Å². The van der Waals surface area contributed by atoms with Gasteiger partial charge in [-0.1, -0.05) is 18.2 Å².